The third-order valence-corrected chi connectivity index (χ3v) is 3.14. The Morgan fingerprint density at radius 3 is 2.60 bits per heavy atom. The fourth-order valence-electron chi connectivity index (χ4n) is 2.12. The minimum Gasteiger partial charge on any atom is -0.461 e. The maximum atomic E-state index is 12.1. The average Bonchev–Trinajstić information content (AvgIpc) is 2.84. The number of aryl methyl sites for hydroxylation is 1. The number of carbonyl (C=O) groups excluding carboxylic acids is 2. The molecule has 0 fully saturated rings. The summed E-state index contributed by atoms with van der Waals surface area (Å²) in [5.41, 5.74) is 2.32. The van der Waals surface area contributed by atoms with Crippen molar-refractivity contribution in [1.82, 2.24) is 9.38 Å². The van der Waals surface area contributed by atoms with Crippen molar-refractivity contribution < 1.29 is 14.3 Å². The first-order chi connectivity index (χ1) is 9.62. The van der Waals surface area contributed by atoms with E-state index < -0.39 is 5.97 Å². The maximum absolute atomic E-state index is 12.1. The number of fused-ring (bicyclic) bond motifs is 1. The summed E-state index contributed by atoms with van der Waals surface area (Å²) in [7, 11) is 0. The van der Waals surface area contributed by atoms with E-state index in [-0.39, 0.29) is 5.78 Å². The highest BCUT2D eigenvalue weighted by molar-refractivity contribution is 5.96. The molecule has 20 heavy (non-hydrogen) atoms. The van der Waals surface area contributed by atoms with Crippen LogP contribution in [0.2, 0.25) is 0 Å². The molecule has 0 N–H and O–H groups in total. The number of carbonyl (C=O) groups is 2. The quantitative estimate of drug-likeness (QED) is 0.621. The van der Waals surface area contributed by atoms with E-state index in [0.717, 1.165) is 0 Å². The molecule has 5 nitrogen and oxygen atoms in total. The molecule has 0 aliphatic carbocycles. The van der Waals surface area contributed by atoms with Gasteiger partial charge in [0.2, 0.25) is 0 Å². The molecule has 5 heteroatoms. The molecular weight excluding hydrogens is 256 g/mol. The zero-order chi connectivity index (χ0) is 14.7. The van der Waals surface area contributed by atoms with Crippen LogP contribution in [0.1, 0.15) is 53.7 Å². The van der Waals surface area contributed by atoms with E-state index in [4.69, 9.17) is 4.74 Å². The van der Waals surface area contributed by atoms with Crippen LogP contribution in [-0.4, -0.2) is 27.7 Å². The van der Waals surface area contributed by atoms with Gasteiger partial charge in [-0.25, -0.2) is 9.78 Å². The summed E-state index contributed by atoms with van der Waals surface area (Å²) in [6.45, 7) is 5.81. The summed E-state index contributed by atoms with van der Waals surface area (Å²) in [4.78, 5) is 28.3. The SMILES string of the molecule is CCOC(=O)c1c(CC)nc2ccc(C(=O)CC)cn12. The van der Waals surface area contributed by atoms with E-state index in [9.17, 15) is 9.59 Å². The van der Waals surface area contributed by atoms with Crippen LogP contribution in [0.4, 0.5) is 0 Å². The highest BCUT2D eigenvalue weighted by Gasteiger charge is 2.20. The third-order valence-electron chi connectivity index (χ3n) is 3.14. The highest BCUT2D eigenvalue weighted by Crippen LogP contribution is 2.17. The number of ketones is 1. The van der Waals surface area contributed by atoms with Gasteiger partial charge < -0.3 is 4.74 Å². The number of nitrogens with zero attached hydrogens (tertiary/aromatic N) is 2. The zero-order valence-electron chi connectivity index (χ0n) is 12.0. The number of pyridine rings is 1. The smallest absolute Gasteiger partial charge is 0.357 e. The molecule has 0 aliphatic rings. The van der Waals surface area contributed by atoms with Gasteiger partial charge in [0.15, 0.2) is 11.5 Å². The summed E-state index contributed by atoms with van der Waals surface area (Å²) < 4.78 is 6.73. The Bertz CT molecular complexity index is 658. The minimum atomic E-state index is -0.405. The van der Waals surface area contributed by atoms with Gasteiger partial charge >= 0.3 is 5.97 Å². The predicted molar refractivity (Wildman–Crippen MR) is 75.1 cm³/mol. The van der Waals surface area contributed by atoms with Crippen LogP contribution in [0.3, 0.4) is 0 Å². The highest BCUT2D eigenvalue weighted by atomic mass is 16.5. The molecule has 2 heterocycles. The molecule has 106 valence electrons. The maximum Gasteiger partial charge on any atom is 0.357 e. The first kappa shape index (κ1) is 14.2. The van der Waals surface area contributed by atoms with Gasteiger partial charge in [0.05, 0.1) is 12.3 Å². The zero-order valence-corrected chi connectivity index (χ0v) is 12.0. The van der Waals surface area contributed by atoms with Crippen LogP contribution in [0.5, 0.6) is 0 Å². The van der Waals surface area contributed by atoms with E-state index in [2.05, 4.69) is 4.98 Å². The van der Waals surface area contributed by atoms with E-state index in [1.165, 1.54) is 0 Å². The number of rotatable bonds is 5. The second-order valence-electron chi connectivity index (χ2n) is 4.40. The number of ether oxygens (including phenoxy) is 1. The van der Waals surface area contributed by atoms with Gasteiger partial charge in [-0.05, 0) is 25.5 Å². The van der Waals surface area contributed by atoms with Crippen LogP contribution in [0.25, 0.3) is 5.65 Å². The Labute approximate surface area is 117 Å². The molecule has 0 bridgehead atoms. The van der Waals surface area contributed by atoms with E-state index in [1.807, 2.05) is 13.8 Å². The Hall–Kier alpha value is -2.17. The Morgan fingerprint density at radius 2 is 2.00 bits per heavy atom. The second-order valence-corrected chi connectivity index (χ2v) is 4.40. The standard InChI is InChI=1S/C15H18N2O3/c1-4-11-14(15(19)20-6-3)17-9-10(12(18)5-2)7-8-13(17)16-11/h7-9H,4-6H2,1-3H3. The summed E-state index contributed by atoms with van der Waals surface area (Å²) >= 11 is 0. The molecule has 2 aromatic rings. The van der Waals surface area contributed by atoms with E-state index in [0.29, 0.717) is 42.0 Å². The van der Waals surface area contributed by atoms with E-state index in [1.54, 1.807) is 29.7 Å². The van der Waals surface area contributed by atoms with Crippen LogP contribution in [-0.2, 0) is 11.2 Å². The molecule has 0 aromatic carbocycles. The normalized spacial score (nSPS) is 10.8. The molecule has 0 atom stereocenters. The Morgan fingerprint density at radius 1 is 1.25 bits per heavy atom. The average molecular weight is 274 g/mol. The molecule has 2 rings (SSSR count). The van der Waals surface area contributed by atoms with Crippen molar-refractivity contribution >= 4 is 17.4 Å². The molecule has 0 saturated heterocycles. The fourth-order valence-corrected chi connectivity index (χ4v) is 2.12. The minimum absolute atomic E-state index is 0.0356. The third kappa shape index (κ3) is 2.43. The van der Waals surface area contributed by atoms with Crippen molar-refractivity contribution in [2.75, 3.05) is 6.61 Å². The van der Waals surface area contributed by atoms with Gasteiger partial charge in [-0.3, -0.25) is 9.20 Å². The van der Waals surface area contributed by atoms with Gasteiger partial charge in [-0.2, -0.15) is 0 Å². The van der Waals surface area contributed by atoms with Gasteiger partial charge in [0.25, 0.3) is 0 Å². The van der Waals surface area contributed by atoms with Crippen LogP contribution < -0.4 is 0 Å². The van der Waals surface area contributed by atoms with Gasteiger partial charge in [0.1, 0.15) is 5.65 Å². The lowest BCUT2D eigenvalue weighted by molar-refractivity contribution is 0.0516. The summed E-state index contributed by atoms with van der Waals surface area (Å²) in [5, 5.41) is 0. The first-order valence-electron chi connectivity index (χ1n) is 6.83. The lowest BCUT2D eigenvalue weighted by Gasteiger charge is -2.05. The number of imidazole rings is 1. The largest absolute Gasteiger partial charge is 0.461 e. The molecule has 0 spiro atoms. The van der Waals surface area contributed by atoms with Crippen molar-refractivity contribution in [3.63, 3.8) is 0 Å². The van der Waals surface area contributed by atoms with Crippen LogP contribution in [0.15, 0.2) is 18.3 Å². The van der Waals surface area contributed by atoms with Crippen molar-refractivity contribution in [3.8, 4) is 0 Å². The van der Waals surface area contributed by atoms with E-state index >= 15 is 0 Å². The fraction of sp³-hybridized carbons (Fsp3) is 0.400. The van der Waals surface area contributed by atoms with Gasteiger partial charge in [0, 0.05) is 18.2 Å². The van der Waals surface area contributed by atoms with Crippen LogP contribution in [0, 0.1) is 0 Å². The number of esters is 1. The van der Waals surface area contributed by atoms with Crippen molar-refractivity contribution in [2.45, 2.75) is 33.6 Å². The van der Waals surface area contributed by atoms with Crippen LogP contribution >= 0.6 is 0 Å². The summed E-state index contributed by atoms with van der Waals surface area (Å²) in [6.07, 6.45) is 2.72. The summed E-state index contributed by atoms with van der Waals surface area (Å²) in [5.74, 6) is -0.369. The monoisotopic (exact) mass is 274 g/mol. The van der Waals surface area contributed by atoms with Gasteiger partial charge in [-0.1, -0.05) is 13.8 Å². The van der Waals surface area contributed by atoms with Crippen molar-refractivity contribution in [1.29, 1.82) is 0 Å². The molecule has 0 amide bonds. The molecular formula is C15H18N2O3. The second kappa shape index (κ2) is 5.86. The number of aromatic nitrogens is 2. The predicted octanol–water partition coefficient (Wildman–Crippen LogP) is 2.67. The van der Waals surface area contributed by atoms with Gasteiger partial charge in [-0.15, -0.1) is 0 Å². The Kier molecular flexibility index (Phi) is 4.17. The molecule has 0 radical (unpaired) electrons. The number of Topliss-reactive ketones (excluding diaryl/α,β-unsaturated/α-hetero) is 1. The topological polar surface area (TPSA) is 60.7 Å². The number of hydrogen-bond donors (Lipinski definition) is 0. The molecule has 2 aromatic heterocycles. The number of hydrogen-bond acceptors (Lipinski definition) is 4. The molecule has 0 unspecified atom stereocenters. The first-order valence-corrected chi connectivity index (χ1v) is 6.83. The van der Waals surface area contributed by atoms with Crippen molar-refractivity contribution in [2.24, 2.45) is 0 Å². The molecule has 0 aliphatic heterocycles. The Balaban J connectivity index is 2.62. The lowest BCUT2D eigenvalue weighted by Crippen LogP contribution is -2.11. The lowest BCUT2D eigenvalue weighted by atomic mass is 10.1. The summed E-state index contributed by atoms with van der Waals surface area (Å²) in [6, 6.07) is 3.49. The van der Waals surface area contributed by atoms with Crippen molar-refractivity contribution in [3.05, 3.63) is 35.3 Å². The molecule has 0 saturated carbocycles.